The summed E-state index contributed by atoms with van der Waals surface area (Å²) < 4.78 is 0. The Bertz CT molecular complexity index is 925. The molecule has 0 radical (unpaired) electrons. The van der Waals surface area contributed by atoms with Gasteiger partial charge in [0.1, 0.15) is 0 Å². The lowest BCUT2D eigenvalue weighted by Gasteiger charge is -2.33. The number of carbonyl (C=O) groups is 2. The van der Waals surface area contributed by atoms with E-state index in [1.807, 2.05) is 78.9 Å². The minimum Gasteiger partial charge on any atom is -0.292 e. The van der Waals surface area contributed by atoms with Crippen molar-refractivity contribution in [2.75, 3.05) is 4.90 Å². The van der Waals surface area contributed by atoms with Crippen molar-refractivity contribution < 1.29 is 9.59 Å². The number of hydrogen-bond acceptors (Lipinski definition) is 3. The molecule has 122 valence electrons. The van der Waals surface area contributed by atoms with Crippen LogP contribution in [0.3, 0.4) is 0 Å². The Labute approximate surface area is 150 Å². The van der Waals surface area contributed by atoms with E-state index in [0.29, 0.717) is 11.3 Å². The van der Waals surface area contributed by atoms with E-state index < -0.39 is 5.25 Å². The zero-order valence-corrected chi connectivity index (χ0v) is 14.1. The van der Waals surface area contributed by atoms with Gasteiger partial charge < -0.3 is 0 Å². The van der Waals surface area contributed by atoms with E-state index in [1.54, 1.807) is 11.0 Å². The molecule has 0 fully saturated rings. The Kier molecular flexibility index (Phi) is 4.12. The number of Topliss-reactive ketones (excluding diaryl/α,β-unsaturated/α-hetero) is 1. The van der Waals surface area contributed by atoms with Gasteiger partial charge in [0, 0.05) is 16.1 Å². The number of rotatable bonds is 3. The molecule has 1 amide bonds. The van der Waals surface area contributed by atoms with Gasteiger partial charge in [0.15, 0.2) is 11.0 Å². The van der Waals surface area contributed by atoms with E-state index in [9.17, 15) is 9.59 Å². The minimum absolute atomic E-state index is 0.137. The molecule has 0 spiro atoms. The highest BCUT2D eigenvalue weighted by Crippen LogP contribution is 2.39. The smallest absolute Gasteiger partial charge is 0.253 e. The first kappa shape index (κ1) is 15.7. The summed E-state index contributed by atoms with van der Waals surface area (Å²) in [6, 6.07) is 26.3. The fraction of sp³-hybridized carbons (Fsp3) is 0.0476. The fourth-order valence-electron chi connectivity index (χ4n) is 2.95. The average Bonchev–Trinajstić information content (AvgIpc) is 2.67. The molecule has 3 aromatic rings. The number of benzene rings is 3. The second-order valence-corrected chi connectivity index (χ2v) is 6.88. The summed E-state index contributed by atoms with van der Waals surface area (Å²) in [7, 11) is 0. The largest absolute Gasteiger partial charge is 0.292 e. The Morgan fingerprint density at radius 3 is 2.04 bits per heavy atom. The number of thioether (sulfide) groups is 1. The van der Waals surface area contributed by atoms with Crippen molar-refractivity contribution in [3.05, 3.63) is 90.5 Å². The summed E-state index contributed by atoms with van der Waals surface area (Å²) in [5.41, 5.74) is 2.00. The highest BCUT2D eigenvalue weighted by molar-refractivity contribution is 8.01. The van der Waals surface area contributed by atoms with Gasteiger partial charge in [0.2, 0.25) is 0 Å². The standard InChI is InChI=1S/C21H15NO2S/c23-19-17-13-7-8-14-18(17)22(15-9-3-1-4-10-15)21(24)20(19)25-16-11-5-2-6-12-16/h1-14,20H. The molecule has 1 aliphatic heterocycles. The normalized spacial score (nSPS) is 16.6. The van der Waals surface area contributed by atoms with Crippen LogP contribution in [0.5, 0.6) is 0 Å². The van der Waals surface area contributed by atoms with E-state index in [4.69, 9.17) is 0 Å². The molecule has 4 rings (SSSR count). The van der Waals surface area contributed by atoms with Gasteiger partial charge in [0.25, 0.3) is 5.91 Å². The number of anilines is 2. The highest BCUT2D eigenvalue weighted by Gasteiger charge is 2.40. The summed E-state index contributed by atoms with van der Waals surface area (Å²) in [4.78, 5) is 28.7. The van der Waals surface area contributed by atoms with Crippen LogP contribution in [0.1, 0.15) is 10.4 Å². The molecule has 25 heavy (non-hydrogen) atoms. The van der Waals surface area contributed by atoms with Gasteiger partial charge in [-0.15, -0.1) is 11.8 Å². The van der Waals surface area contributed by atoms with Crippen LogP contribution in [0, 0.1) is 0 Å². The molecule has 0 saturated carbocycles. The van der Waals surface area contributed by atoms with Crippen LogP contribution in [0.15, 0.2) is 89.8 Å². The van der Waals surface area contributed by atoms with E-state index >= 15 is 0 Å². The van der Waals surface area contributed by atoms with Gasteiger partial charge in [-0.25, -0.2) is 0 Å². The summed E-state index contributed by atoms with van der Waals surface area (Å²) in [6.45, 7) is 0. The quantitative estimate of drug-likeness (QED) is 0.645. The number of amides is 1. The maximum atomic E-state index is 13.2. The zero-order chi connectivity index (χ0) is 17.2. The second-order valence-electron chi connectivity index (χ2n) is 5.70. The van der Waals surface area contributed by atoms with Crippen LogP contribution in [0.2, 0.25) is 0 Å². The Hall–Kier alpha value is -2.85. The molecule has 1 heterocycles. The van der Waals surface area contributed by atoms with Crippen molar-refractivity contribution >= 4 is 34.8 Å². The van der Waals surface area contributed by atoms with Crippen LogP contribution in [0.25, 0.3) is 0 Å². The van der Waals surface area contributed by atoms with Crippen LogP contribution >= 0.6 is 11.8 Å². The molecule has 0 aromatic heterocycles. The topological polar surface area (TPSA) is 37.4 Å². The van der Waals surface area contributed by atoms with Gasteiger partial charge in [-0.1, -0.05) is 48.5 Å². The van der Waals surface area contributed by atoms with Gasteiger partial charge >= 0.3 is 0 Å². The monoisotopic (exact) mass is 345 g/mol. The van der Waals surface area contributed by atoms with Crippen molar-refractivity contribution in [1.29, 1.82) is 0 Å². The Morgan fingerprint density at radius 2 is 1.32 bits per heavy atom. The molecule has 0 saturated heterocycles. The fourth-order valence-corrected chi connectivity index (χ4v) is 3.98. The van der Waals surface area contributed by atoms with Crippen LogP contribution in [0.4, 0.5) is 11.4 Å². The van der Waals surface area contributed by atoms with Crippen molar-refractivity contribution in [1.82, 2.24) is 0 Å². The number of nitrogens with zero attached hydrogens (tertiary/aromatic N) is 1. The minimum atomic E-state index is -0.780. The van der Waals surface area contributed by atoms with E-state index in [2.05, 4.69) is 0 Å². The summed E-state index contributed by atoms with van der Waals surface area (Å²) >= 11 is 1.30. The average molecular weight is 345 g/mol. The Balaban J connectivity index is 1.81. The number of carbonyl (C=O) groups excluding carboxylic acids is 2. The predicted octanol–water partition coefficient (Wildman–Crippen LogP) is 4.71. The summed E-state index contributed by atoms with van der Waals surface area (Å²) in [5, 5.41) is -0.780. The van der Waals surface area contributed by atoms with Crippen LogP contribution < -0.4 is 4.90 Å². The zero-order valence-electron chi connectivity index (χ0n) is 13.3. The number of hydrogen-bond donors (Lipinski definition) is 0. The molecule has 1 atom stereocenters. The first-order valence-electron chi connectivity index (χ1n) is 7.99. The van der Waals surface area contributed by atoms with E-state index in [0.717, 1.165) is 10.6 Å². The molecule has 0 bridgehead atoms. The molecular formula is C21H15NO2S. The molecular weight excluding hydrogens is 330 g/mol. The molecule has 0 aliphatic carbocycles. The molecule has 4 heteroatoms. The summed E-state index contributed by atoms with van der Waals surface area (Å²) in [6.07, 6.45) is 0. The first-order valence-corrected chi connectivity index (χ1v) is 8.87. The van der Waals surface area contributed by atoms with Crippen molar-refractivity contribution in [3.63, 3.8) is 0 Å². The van der Waals surface area contributed by atoms with Crippen molar-refractivity contribution in [2.45, 2.75) is 10.1 Å². The van der Waals surface area contributed by atoms with Gasteiger partial charge in [0.05, 0.1) is 5.69 Å². The lowest BCUT2D eigenvalue weighted by Crippen LogP contribution is -2.44. The maximum absolute atomic E-state index is 13.2. The lowest BCUT2D eigenvalue weighted by molar-refractivity contribution is -0.116. The number of para-hydroxylation sites is 2. The predicted molar refractivity (Wildman–Crippen MR) is 100 cm³/mol. The third kappa shape index (κ3) is 2.85. The van der Waals surface area contributed by atoms with Gasteiger partial charge in [-0.05, 0) is 36.4 Å². The molecule has 3 nitrogen and oxygen atoms in total. The number of fused-ring (bicyclic) bond motifs is 1. The van der Waals surface area contributed by atoms with Crippen molar-refractivity contribution in [3.8, 4) is 0 Å². The van der Waals surface area contributed by atoms with Crippen LogP contribution in [-0.2, 0) is 4.79 Å². The molecule has 0 N–H and O–H groups in total. The van der Waals surface area contributed by atoms with Gasteiger partial charge in [-0.3, -0.25) is 14.5 Å². The molecule has 1 aliphatic rings. The Morgan fingerprint density at radius 1 is 0.720 bits per heavy atom. The third-order valence-corrected chi connectivity index (χ3v) is 5.30. The van der Waals surface area contributed by atoms with Gasteiger partial charge in [-0.2, -0.15) is 0 Å². The van der Waals surface area contributed by atoms with E-state index in [1.165, 1.54) is 11.8 Å². The van der Waals surface area contributed by atoms with Crippen LogP contribution in [-0.4, -0.2) is 16.9 Å². The van der Waals surface area contributed by atoms with E-state index in [-0.39, 0.29) is 11.7 Å². The highest BCUT2D eigenvalue weighted by atomic mass is 32.2. The summed E-state index contributed by atoms with van der Waals surface area (Å²) in [5.74, 6) is -0.342. The maximum Gasteiger partial charge on any atom is 0.253 e. The third-order valence-electron chi connectivity index (χ3n) is 4.10. The first-order chi connectivity index (χ1) is 12.3. The SMILES string of the molecule is O=C1c2ccccc2N(c2ccccc2)C(=O)C1Sc1ccccc1. The lowest BCUT2D eigenvalue weighted by atomic mass is 9.98. The number of ketones is 1. The molecule has 3 aromatic carbocycles. The van der Waals surface area contributed by atoms with Crippen molar-refractivity contribution in [2.24, 2.45) is 0 Å². The second kappa shape index (κ2) is 6.57. The molecule has 1 unspecified atom stereocenters.